The van der Waals surface area contributed by atoms with E-state index in [1.165, 1.54) is 32.1 Å². The van der Waals surface area contributed by atoms with E-state index in [0.717, 1.165) is 0 Å². The van der Waals surface area contributed by atoms with Crippen molar-refractivity contribution < 1.29 is 5.32 Å². The van der Waals surface area contributed by atoms with E-state index in [9.17, 15) is 0 Å². The Morgan fingerprint density at radius 1 is 1.54 bits per heavy atom. The largest absolute Gasteiger partial charge is 0.393 e. The van der Waals surface area contributed by atoms with E-state index in [0.29, 0.717) is 11.7 Å². The van der Waals surface area contributed by atoms with Gasteiger partial charge in [0.05, 0.1) is 6.04 Å². The molecule has 0 saturated carbocycles. The number of nitrogens with two attached hydrogens (primary N) is 2. The topological polar surface area (TPSA) is 69.7 Å². The Morgan fingerprint density at radius 3 is 2.69 bits per heavy atom. The minimum atomic E-state index is 0.541. The molecule has 0 aromatic heterocycles. The van der Waals surface area contributed by atoms with Crippen LogP contribution in [0.5, 0.6) is 0 Å². The van der Waals surface area contributed by atoms with Crippen LogP contribution in [0.3, 0.4) is 0 Å². The van der Waals surface area contributed by atoms with Gasteiger partial charge < -0.3 is 21.4 Å². The average molecular weight is 183 g/mol. The van der Waals surface area contributed by atoms with Gasteiger partial charge in [-0.25, -0.2) is 0 Å². The summed E-state index contributed by atoms with van der Waals surface area (Å²) in [6.07, 6.45) is 5.45. The number of allylic oxidation sites excluding steroid dienone is 1. The number of nitrogens with zero attached hydrogens (tertiary/aromatic N) is 1. The van der Waals surface area contributed by atoms with Gasteiger partial charge in [-0.15, -0.1) is 0 Å². The van der Waals surface area contributed by atoms with Crippen LogP contribution < -0.4 is 11.1 Å². The Hall–Kier alpha value is -0.870. The van der Waals surface area contributed by atoms with Gasteiger partial charge >= 0.3 is 0 Å². The van der Waals surface area contributed by atoms with Crippen LogP contribution in [0.25, 0.3) is 0 Å². The standard InChI is InChI=1S/C9H18N4/c1-13-4-2-9(3-5-13)12-7-8(11)6-10/h6-7,9-10,12H,2-5,11H2,1H3/p+1/b8-7+,10-6?. The summed E-state index contributed by atoms with van der Waals surface area (Å²) in [7, 11) is 2.15. The first-order valence-corrected chi connectivity index (χ1v) is 4.72. The summed E-state index contributed by atoms with van der Waals surface area (Å²) < 4.78 is 0. The predicted molar refractivity (Wildman–Crippen MR) is 53.5 cm³/mol. The second kappa shape index (κ2) is 4.99. The van der Waals surface area contributed by atoms with Crippen molar-refractivity contribution in [2.45, 2.75) is 18.9 Å². The molecule has 0 atom stereocenters. The first-order chi connectivity index (χ1) is 6.22. The number of hydrogen-bond acceptors (Lipinski definition) is 3. The van der Waals surface area contributed by atoms with E-state index in [4.69, 9.17) is 11.1 Å². The molecule has 0 radical (unpaired) electrons. The fourth-order valence-electron chi connectivity index (χ4n) is 1.52. The summed E-state index contributed by atoms with van der Waals surface area (Å²) in [6.45, 7) is 2.33. The van der Waals surface area contributed by atoms with Gasteiger partial charge in [0.1, 0.15) is 11.9 Å². The molecule has 1 aliphatic rings. The summed E-state index contributed by atoms with van der Waals surface area (Å²) in [6, 6.07) is 0.648. The van der Waals surface area contributed by atoms with Crippen molar-refractivity contribution in [3.8, 4) is 0 Å². The van der Waals surface area contributed by atoms with Crippen LogP contribution in [0.15, 0.2) is 11.9 Å². The second-order valence-corrected chi connectivity index (χ2v) is 3.64. The maximum Gasteiger partial charge on any atom is 0.118 e. The number of likely N-dealkylation sites (tertiary alicyclic amines) is 1. The molecule has 0 aromatic rings. The number of rotatable bonds is 3. The van der Waals surface area contributed by atoms with Crippen molar-refractivity contribution in [3.63, 3.8) is 0 Å². The molecule has 0 amide bonds. The van der Waals surface area contributed by atoms with Crippen LogP contribution in [0.4, 0.5) is 0 Å². The Balaban J connectivity index is 2.26. The van der Waals surface area contributed by atoms with Crippen LogP contribution in [0.1, 0.15) is 12.8 Å². The minimum absolute atomic E-state index is 0.541. The molecular weight excluding hydrogens is 164 g/mol. The van der Waals surface area contributed by atoms with Crippen molar-refractivity contribution >= 4 is 6.21 Å². The lowest BCUT2D eigenvalue weighted by Gasteiger charge is -2.26. The molecule has 1 heterocycles. The third kappa shape index (κ3) is 3.57. The summed E-state index contributed by atoms with van der Waals surface area (Å²) in [5.74, 6) is 0. The summed E-state index contributed by atoms with van der Waals surface area (Å²) >= 11 is 0. The molecule has 0 aliphatic carbocycles. The summed E-state index contributed by atoms with van der Waals surface area (Å²) in [5.41, 5.74) is 6.03. The first kappa shape index (κ1) is 10.2. The van der Waals surface area contributed by atoms with Gasteiger partial charge in [0.2, 0.25) is 0 Å². The zero-order valence-corrected chi connectivity index (χ0v) is 8.16. The minimum Gasteiger partial charge on any atom is -0.393 e. The smallest absolute Gasteiger partial charge is 0.118 e. The lowest BCUT2D eigenvalue weighted by Crippen LogP contribution is -2.86. The van der Waals surface area contributed by atoms with E-state index in [-0.39, 0.29) is 0 Å². The second-order valence-electron chi connectivity index (χ2n) is 3.64. The molecule has 5 N–H and O–H groups in total. The highest BCUT2D eigenvalue weighted by Gasteiger charge is 2.17. The molecule has 4 nitrogen and oxygen atoms in total. The Labute approximate surface area is 79.3 Å². The molecule has 1 aliphatic heterocycles. The molecule has 13 heavy (non-hydrogen) atoms. The molecule has 1 fully saturated rings. The fourth-order valence-corrected chi connectivity index (χ4v) is 1.52. The fraction of sp³-hybridized carbons (Fsp3) is 0.667. The van der Waals surface area contributed by atoms with Crippen molar-refractivity contribution in [2.75, 3.05) is 20.1 Å². The van der Waals surface area contributed by atoms with Crippen molar-refractivity contribution in [2.24, 2.45) is 5.73 Å². The highest BCUT2D eigenvalue weighted by molar-refractivity contribution is 5.73. The zero-order chi connectivity index (χ0) is 9.68. The van der Waals surface area contributed by atoms with Gasteiger partial charge in [-0.1, -0.05) is 0 Å². The highest BCUT2D eigenvalue weighted by Crippen LogP contribution is 2.03. The Morgan fingerprint density at radius 2 is 2.15 bits per heavy atom. The normalized spacial score (nSPS) is 21.8. The molecule has 0 spiro atoms. The summed E-state index contributed by atoms with van der Waals surface area (Å²) in [5, 5.41) is 9.04. The SMILES string of the molecule is CN1CCC([NH2+]/C=C(/N)C=N)CC1. The molecule has 1 rings (SSSR count). The number of piperidine rings is 1. The number of quaternary nitrogens is 1. The van der Waals surface area contributed by atoms with Crippen LogP contribution in [-0.2, 0) is 0 Å². The molecular formula is C9H19N4+. The lowest BCUT2D eigenvalue weighted by molar-refractivity contribution is -0.630. The summed E-state index contributed by atoms with van der Waals surface area (Å²) in [4.78, 5) is 2.34. The van der Waals surface area contributed by atoms with E-state index in [1.54, 1.807) is 0 Å². The quantitative estimate of drug-likeness (QED) is 0.496. The number of hydrogen-bond donors (Lipinski definition) is 3. The Bertz CT molecular complexity index is 192. The van der Waals surface area contributed by atoms with Crippen LogP contribution >= 0.6 is 0 Å². The van der Waals surface area contributed by atoms with E-state index >= 15 is 0 Å². The predicted octanol–water partition coefficient (Wildman–Crippen LogP) is -0.906. The van der Waals surface area contributed by atoms with Crippen molar-refractivity contribution in [1.29, 1.82) is 5.41 Å². The maximum atomic E-state index is 6.91. The molecule has 1 saturated heterocycles. The van der Waals surface area contributed by atoms with Crippen molar-refractivity contribution in [1.82, 2.24) is 4.90 Å². The highest BCUT2D eigenvalue weighted by atomic mass is 15.1. The van der Waals surface area contributed by atoms with Gasteiger partial charge in [0, 0.05) is 32.1 Å². The molecule has 0 bridgehead atoms. The number of nitrogens with one attached hydrogen (secondary N) is 1. The van der Waals surface area contributed by atoms with Gasteiger partial charge in [-0.3, -0.25) is 0 Å². The van der Waals surface area contributed by atoms with Gasteiger partial charge in [-0.2, -0.15) is 0 Å². The molecule has 4 heteroatoms. The van der Waals surface area contributed by atoms with Gasteiger partial charge in [0.15, 0.2) is 0 Å². The maximum absolute atomic E-state index is 6.91. The van der Waals surface area contributed by atoms with Crippen LogP contribution in [0, 0.1) is 5.41 Å². The lowest BCUT2D eigenvalue weighted by atomic mass is 10.1. The van der Waals surface area contributed by atoms with Gasteiger partial charge in [-0.05, 0) is 7.05 Å². The van der Waals surface area contributed by atoms with Gasteiger partial charge in [0.25, 0.3) is 0 Å². The van der Waals surface area contributed by atoms with Crippen molar-refractivity contribution in [3.05, 3.63) is 11.9 Å². The van der Waals surface area contributed by atoms with Crippen LogP contribution in [0.2, 0.25) is 0 Å². The molecule has 0 unspecified atom stereocenters. The Kier molecular flexibility index (Phi) is 3.92. The molecule has 0 aromatic carbocycles. The third-order valence-corrected chi connectivity index (χ3v) is 2.49. The van der Waals surface area contributed by atoms with E-state index in [2.05, 4.69) is 17.3 Å². The monoisotopic (exact) mass is 183 g/mol. The molecule has 74 valence electrons. The third-order valence-electron chi connectivity index (χ3n) is 2.49. The average Bonchev–Trinajstić information content (AvgIpc) is 2.16. The zero-order valence-electron chi connectivity index (χ0n) is 8.16. The van der Waals surface area contributed by atoms with Crippen LogP contribution in [-0.4, -0.2) is 37.3 Å². The van der Waals surface area contributed by atoms with E-state index in [1.807, 2.05) is 6.20 Å². The first-order valence-electron chi connectivity index (χ1n) is 4.72. The van der Waals surface area contributed by atoms with E-state index < -0.39 is 0 Å².